The first-order valence-electron chi connectivity index (χ1n) is 21.5. The lowest BCUT2D eigenvalue weighted by Crippen LogP contribution is -2.54. The Morgan fingerprint density at radius 3 is 1.78 bits per heavy atom. The average Bonchev–Trinajstić information content (AvgIpc) is 3.74. The number of carbonyl (C=O) groups excluding carboxylic acids is 6. The Bertz CT molecular complexity index is 2000. The maximum absolute atomic E-state index is 13.2. The number of imide groups is 2. The van der Waals surface area contributed by atoms with Crippen molar-refractivity contribution in [2.45, 2.75) is 50.5 Å². The summed E-state index contributed by atoms with van der Waals surface area (Å²) in [6.45, 7) is 5.76. The van der Waals surface area contributed by atoms with Crippen molar-refractivity contribution in [2.75, 3.05) is 97.8 Å². The molecule has 1 saturated heterocycles. The third kappa shape index (κ3) is 13.5. The Balaban J connectivity index is 0.668. The van der Waals surface area contributed by atoms with Gasteiger partial charge in [0.1, 0.15) is 12.6 Å². The lowest BCUT2D eigenvalue weighted by Gasteiger charge is -2.27. The molecule has 17 heteroatoms. The largest absolute Gasteiger partial charge is 0.449 e. The van der Waals surface area contributed by atoms with Crippen LogP contribution in [0.1, 0.15) is 76.3 Å². The van der Waals surface area contributed by atoms with E-state index in [-0.39, 0.29) is 54.5 Å². The van der Waals surface area contributed by atoms with Crippen LogP contribution in [0.5, 0.6) is 0 Å². The third-order valence-corrected chi connectivity index (χ3v) is 10.7. The Morgan fingerprint density at radius 1 is 0.619 bits per heavy atom. The van der Waals surface area contributed by atoms with Crippen LogP contribution in [-0.2, 0) is 47.5 Å². The molecule has 0 bridgehead atoms. The predicted molar refractivity (Wildman–Crippen MR) is 228 cm³/mol. The molecule has 6 amide bonds. The highest BCUT2D eigenvalue weighted by atomic mass is 16.6. The molecule has 63 heavy (non-hydrogen) atoms. The summed E-state index contributed by atoms with van der Waals surface area (Å²) < 4.78 is 38.8. The molecule has 17 nitrogen and oxygen atoms in total. The maximum atomic E-state index is 13.2. The van der Waals surface area contributed by atoms with Crippen molar-refractivity contribution in [3.8, 4) is 11.1 Å². The summed E-state index contributed by atoms with van der Waals surface area (Å²) >= 11 is 0. The van der Waals surface area contributed by atoms with Crippen molar-refractivity contribution in [3.63, 3.8) is 0 Å². The SMILES string of the molecule is O=C1CCC(N2C(=O)c3cccc(NC(=O)CCCCCOCCOCCOCCOCCOCCOCCNC(=O)OCC4c5ccccc5-c5ccccc54)c3C2=O)C(=O)N1. The van der Waals surface area contributed by atoms with E-state index in [9.17, 15) is 28.8 Å². The van der Waals surface area contributed by atoms with E-state index in [1.807, 2.05) is 24.3 Å². The molecule has 1 fully saturated rings. The fraction of sp³-hybridized carbons (Fsp3) is 0.478. The fourth-order valence-corrected chi connectivity index (χ4v) is 7.57. The topological polar surface area (TPSA) is 206 Å². The molecule has 3 N–H and O–H groups in total. The van der Waals surface area contributed by atoms with Crippen LogP contribution in [0.4, 0.5) is 10.5 Å². The summed E-state index contributed by atoms with van der Waals surface area (Å²) in [5.41, 5.74) is 5.09. The second kappa shape index (κ2) is 24.9. The number of amides is 6. The van der Waals surface area contributed by atoms with Crippen LogP contribution >= 0.6 is 0 Å². The average molecular weight is 873 g/mol. The second-order valence-corrected chi connectivity index (χ2v) is 15.0. The number of unbranched alkanes of at least 4 members (excludes halogenated alkanes) is 2. The molecule has 6 rings (SSSR count). The minimum atomic E-state index is -1.08. The highest BCUT2D eigenvalue weighted by molar-refractivity contribution is 6.26. The second-order valence-electron chi connectivity index (χ2n) is 15.0. The van der Waals surface area contributed by atoms with Crippen molar-refractivity contribution >= 4 is 41.3 Å². The van der Waals surface area contributed by atoms with E-state index in [4.69, 9.17) is 33.2 Å². The van der Waals surface area contributed by atoms with Crippen LogP contribution in [0.25, 0.3) is 11.1 Å². The van der Waals surface area contributed by atoms with Gasteiger partial charge in [-0.25, -0.2) is 4.79 Å². The number of alkyl carbamates (subject to hydrolysis) is 1. The first kappa shape index (κ1) is 46.9. The molecule has 1 unspecified atom stereocenters. The van der Waals surface area contributed by atoms with Crippen LogP contribution in [0.15, 0.2) is 66.7 Å². The Kier molecular flexibility index (Phi) is 18.6. The van der Waals surface area contributed by atoms with E-state index in [1.165, 1.54) is 28.3 Å². The van der Waals surface area contributed by atoms with Gasteiger partial charge in [-0.1, -0.05) is 61.0 Å². The van der Waals surface area contributed by atoms with Gasteiger partial charge in [-0.15, -0.1) is 0 Å². The molecule has 338 valence electrons. The monoisotopic (exact) mass is 872 g/mol. The fourth-order valence-electron chi connectivity index (χ4n) is 7.57. The third-order valence-electron chi connectivity index (χ3n) is 10.7. The van der Waals surface area contributed by atoms with Gasteiger partial charge in [0.25, 0.3) is 11.8 Å². The highest BCUT2D eigenvalue weighted by Gasteiger charge is 2.45. The summed E-state index contributed by atoms with van der Waals surface area (Å²) in [6.07, 6.45) is 1.95. The number of rotatable bonds is 28. The van der Waals surface area contributed by atoms with Gasteiger partial charge in [-0.05, 0) is 53.6 Å². The first-order chi connectivity index (χ1) is 30.8. The molecule has 3 aliphatic rings. The standard InChI is InChI=1S/C46H56N4O13/c51-40(48-38-14-8-13-36-42(38)45(55)50(44(36)54)39-16-17-41(52)49-43(39)53)15-2-1-7-19-57-21-23-59-25-27-61-29-30-62-28-26-60-24-22-58-20-18-47-46(56)63-31-37-34-11-5-3-9-32(34)33-10-4-6-12-35(33)37/h3-6,8-14,37,39H,1-2,7,15-31H2,(H,47,56)(H,48,51)(H,49,52,53). The molecule has 3 aromatic rings. The summed E-state index contributed by atoms with van der Waals surface area (Å²) in [4.78, 5) is 75.9. The molecular formula is C46H56N4O13. The molecular weight excluding hydrogens is 817 g/mol. The van der Waals surface area contributed by atoms with Crippen molar-refractivity contribution in [1.82, 2.24) is 15.5 Å². The van der Waals surface area contributed by atoms with Crippen LogP contribution in [0, 0.1) is 0 Å². The molecule has 1 atom stereocenters. The van der Waals surface area contributed by atoms with Crippen molar-refractivity contribution in [3.05, 3.63) is 89.0 Å². The van der Waals surface area contributed by atoms with E-state index in [0.717, 1.165) is 17.7 Å². The Hall–Kier alpha value is -5.56. The number of hydrogen-bond acceptors (Lipinski definition) is 13. The van der Waals surface area contributed by atoms with Gasteiger partial charge in [-0.3, -0.25) is 34.2 Å². The minimum absolute atomic E-state index is 0.0189. The number of nitrogens with one attached hydrogen (secondary N) is 3. The maximum Gasteiger partial charge on any atom is 0.407 e. The lowest BCUT2D eigenvalue weighted by atomic mass is 9.98. The quantitative estimate of drug-likeness (QED) is 0.0691. The smallest absolute Gasteiger partial charge is 0.407 e. The van der Waals surface area contributed by atoms with Gasteiger partial charge < -0.3 is 43.8 Å². The molecule has 1 aliphatic carbocycles. The number of hydrogen-bond donors (Lipinski definition) is 3. The number of carbonyl (C=O) groups is 6. The minimum Gasteiger partial charge on any atom is -0.449 e. The number of benzene rings is 3. The van der Waals surface area contributed by atoms with Gasteiger partial charge in [0.2, 0.25) is 17.7 Å². The zero-order chi connectivity index (χ0) is 44.2. The van der Waals surface area contributed by atoms with E-state index in [0.29, 0.717) is 92.2 Å². The van der Waals surface area contributed by atoms with Gasteiger partial charge in [-0.2, -0.15) is 0 Å². The van der Waals surface area contributed by atoms with Crippen LogP contribution in [0.3, 0.4) is 0 Å². The molecule has 0 spiro atoms. The lowest BCUT2D eigenvalue weighted by molar-refractivity contribution is -0.136. The molecule has 2 aliphatic heterocycles. The van der Waals surface area contributed by atoms with Crippen molar-refractivity contribution in [1.29, 1.82) is 0 Å². The normalized spacial score (nSPS) is 15.6. The highest BCUT2D eigenvalue weighted by Crippen LogP contribution is 2.44. The van der Waals surface area contributed by atoms with Crippen LogP contribution in [-0.4, -0.2) is 139 Å². The number of piperidine rings is 1. The molecule has 0 saturated carbocycles. The van der Waals surface area contributed by atoms with Crippen molar-refractivity contribution in [2.24, 2.45) is 0 Å². The summed E-state index contributed by atoms with van der Waals surface area (Å²) in [5.74, 6) is -2.71. The van der Waals surface area contributed by atoms with E-state index < -0.39 is 35.8 Å². The number of nitrogens with zero attached hydrogens (tertiary/aromatic N) is 1. The Morgan fingerprint density at radius 2 is 1.17 bits per heavy atom. The summed E-state index contributed by atoms with van der Waals surface area (Å²) in [7, 11) is 0. The van der Waals surface area contributed by atoms with E-state index in [2.05, 4.69) is 40.2 Å². The molecule has 0 radical (unpaired) electrons. The van der Waals surface area contributed by atoms with Gasteiger partial charge in [0.15, 0.2) is 0 Å². The number of ether oxygens (including phenoxy) is 7. The van der Waals surface area contributed by atoms with Gasteiger partial charge in [0.05, 0.1) is 89.5 Å². The number of anilines is 1. The summed E-state index contributed by atoms with van der Waals surface area (Å²) in [6, 6.07) is 20.0. The van der Waals surface area contributed by atoms with E-state index in [1.54, 1.807) is 12.1 Å². The molecule has 0 aromatic heterocycles. The molecule has 2 heterocycles. The van der Waals surface area contributed by atoms with Crippen LogP contribution < -0.4 is 16.0 Å². The zero-order valence-corrected chi connectivity index (χ0v) is 35.4. The van der Waals surface area contributed by atoms with Gasteiger partial charge >= 0.3 is 6.09 Å². The number of fused-ring (bicyclic) bond motifs is 4. The van der Waals surface area contributed by atoms with E-state index >= 15 is 0 Å². The van der Waals surface area contributed by atoms with Gasteiger partial charge in [0, 0.05) is 31.9 Å². The predicted octanol–water partition coefficient (Wildman–Crippen LogP) is 4.23. The Labute approximate surface area is 366 Å². The van der Waals surface area contributed by atoms with Crippen LogP contribution in [0.2, 0.25) is 0 Å². The first-order valence-corrected chi connectivity index (χ1v) is 21.5. The van der Waals surface area contributed by atoms with Crippen molar-refractivity contribution < 1.29 is 61.9 Å². The molecule has 3 aromatic carbocycles. The zero-order valence-electron chi connectivity index (χ0n) is 35.4. The summed E-state index contributed by atoms with van der Waals surface area (Å²) in [5, 5.41) is 7.64.